The Bertz CT molecular complexity index is 848. The van der Waals surface area contributed by atoms with Gasteiger partial charge < -0.3 is 4.74 Å². The number of aromatic nitrogens is 3. The number of ether oxygens (including phenoxy) is 1. The van der Waals surface area contributed by atoms with Crippen LogP contribution in [0, 0.1) is 13.8 Å². The van der Waals surface area contributed by atoms with Crippen LogP contribution in [0.15, 0.2) is 27.7 Å². The van der Waals surface area contributed by atoms with Gasteiger partial charge in [0.15, 0.2) is 0 Å². The van der Waals surface area contributed by atoms with Gasteiger partial charge in [0.2, 0.25) is 15.9 Å². The Hall–Kier alpha value is -1.45. The lowest BCUT2D eigenvalue weighted by atomic mass is 10.3. The summed E-state index contributed by atoms with van der Waals surface area (Å²) in [6, 6.07) is 3.60. The highest BCUT2D eigenvalue weighted by Gasteiger charge is 2.36. The number of rotatable bonds is 4. The summed E-state index contributed by atoms with van der Waals surface area (Å²) in [5.41, 5.74) is 1.17. The maximum Gasteiger partial charge on any atom is 0.246 e. The van der Waals surface area contributed by atoms with E-state index in [1.54, 1.807) is 37.8 Å². The first kappa shape index (κ1) is 17.4. The van der Waals surface area contributed by atoms with Crippen molar-refractivity contribution < 1.29 is 13.2 Å². The number of hydrogen-bond acceptors (Lipinski definition) is 5. The van der Waals surface area contributed by atoms with E-state index in [4.69, 9.17) is 4.74 Å². The smallest absolute Gasteiger partial charge is 0.246 e. The van der Waals surface area contributed by atoms with Gasteiger partial charge in [0.05, 0.1) is 17.9 Å². The van der Waals surface area contributed by atoms with Crippen molar-refractivity contribution in [1.29, 1.82) is 0 Å². The molecule has 0 aromatic carbocycles. The second-order valence-corrected chi connectivity index (χ2v) is 8.62. The highest BCUT2D eigenvalue weighted by Crippen LogP contribution is 2.27. The number of nitrogens with zero attached hydrogens (tertiary/aromatic N) is 4. The molecule has 3 heterocycles. The monoisotopic (exact) mass is 414 g/mol. The second kappa shape index (κ2) is 6.45. The minimum atomic E-state index is -3.57. The van der Waals surface area contributed by atoms with Crippen LogP contribution < -0.4 is 4.74 Å². The molecule has 130 valence electrons. The zero-order valence-corrected chi connectivity index (χ0v) is 16.1. The third kappa shape index (κ3) is 3.20. The molecule has 0 spiro atoms. The van der Waals surface area contributed by atoms with Crippen molar-refractivity contribution in [2.75, 3.05) is 13.1 Å². The largest absolute Gasteiger partial charge is 0.473 e. The molecule has 1 aliphatic heterocycles. The van der Waals surface area contributed by atoms with Crippen LogP contribution >= 0.6 is 15.9 Å². The Kier molecular flexibility index (Phi) is 4.67. The van der Waals surface area contributed by atoms with Crippen molar-refractivity contribution in [3.63, 3.8) is 0 Å². The van der Waals surface area contributed by atoms with E-state index in [1.807, 2.05) is 6.07 Å². The van der Waals surface area contributed by atoms with Crippen molar-refractivity contribution in [1.82, 2.24) is 19.1 Å². The van der Waals surface area contributed by atoms with E-state index in [1.165, 1.54) is 4.31 Å². The summed E-state index contributed by atoms with van der Waals surface area (Å²) in [5, 5.41) is 4.21. The van der Waals surface area contributed by atoms with Crippen LogP contribution in [0.5, 0.6) is 5.88 Å². The molecule has 2 aromatic heterocycles. The van der Waals surface area contributed by atoms with Crippen molar-refractivity contribution in [2.24, 2.45) is 7.05 Å². The van der Waals surface area contributed by atoms with Crippen LogP contribution in [-0.2, 0) is 17.1 Å². The molecule has 0 aliphatic carbocycles. The SMILES string of the molecule is Cc1nn(C)c(C)c1S(=O)(=O)N1CCC(Oc2ccc(Br)cn2)C1. The van der Waals surface area contributed by atoms with Crippen LogP contribution in [0.4, 0.5) is 0 Å². The number of halogens is 1. The molecule has 24 heavy (non-hydrogen) atoms. The molecular weight excluding hydrogens is 396 g/mol. The van der Waals surface area contributed by atoms with Gasteiger partial charge in [-0.05, 0) is 42.3 Å². The molecule has 1 fully saturated rings. The molecule has 9 heteroatoms. The second-order valence-electron chi connectivity index (χ2n) is 5.83. The fourth-order valence-electron chi connectivity index (χ4n) is 2.87. The Morgan fingerprint density at radius 1 is 1.33 bits per heavy atom. The topological polar surface area (TPSA) is 77.3 Å². The molecule has 7 nitrogen and oxygen atoms in total. The van der Waals surface area contributed by atoms with Gasteiger partial charge in [-0.25, -0.2) is 13.4 Å². The Morgan fingerprint density at radius 2 is 2.08 bits per heavy atom. The molecule has 1 unspecified atom stereocenters. The van der Waals surface area contributed by atoms with Crippen molar-refractivity contribution in [2.45, 2.75) is 31.3 Å². The minimum absolute atomic E-state index is 0.203. The molecule has 1 aliphatic rings. The van der Waals surface area contributed by atoms with E-state index in [-0.39, 0.29) is 6.10 Å². The van der Waals surface area contributed by atoms with Crippen molar-refractivity contribution in [3.05, 3.63) is 34.2 Å². The summed E-state index contributed by atoms with van der Waals surface area (Å²) < 4.78 is 35.6. The van der Waals surface area contributed by atoms with E-state index in [0.29, 0.717) is 41.7 Å². The van der Waals surface area contributed by atoms with Crippen LogP contribution in [-0.4, -0.2) is 46.7 Å². The van der Waals surface area contributed by atoms with Gasteiger partial charge >= 0.3 is 0 Å². The number of aryl methyl sites for hydroxylation is 2. The van der Waals surface area contributed by atoms with Gasteiger partial charge in [-0.15, -0.1) is 0 Å². The maximum atomic E-state index is 12.9. The fraction of sp³-hybridized carbons (Fsp3) is 0.467. The maximum absolute atomic E-state index is 12.9. The Morgan fingerprint density at radius 3 is 2.67 bits per heavy atom. The first-order valence-corrected chi connectivity index (χ1v) is 9.81. The Balaban J connectivity index is 1.76. The average Bonchev–Trinajstić information content (AvgIpc) is 3.07. The van der Waals surface area contributed by atoms with Gasteiger partial charge in [-0.3, -0.25) is 4.68 Å². The summed E-state index contributed by atoms with van der Waals surface area (Å²) in [7, 11) is -1.82. The highest BCUT2D eigenvalue weighted by atomic mass is 79.9. The van der Waals surface area contributed by atoms with E-state index in [0.717, 1.165) is 4.47 Å². The fourth-order valence-corrected chi connectivity index (χ4v) is 4.99. The summed E-state index contributed by atoms with van der Waals surface area (Å²) in [5.74, 6) is 0.496. The predicted octanol–water partition coefficient (Wildman–Crippen LogP) is 2.04. The third-order valence-electron chi connectivity index (χ3n) is 4.14. The molecule has 3 rings (SSSR count). The zero-order valence-electron chi connectivity index (χ0n) is 13.7. The zero-order chi connectivity index (χ0) is 17.5. The lowest BCUT2D eigenvalue weighted by molar-refractivity contribution is 0.207. The van der Waals surface area contributed by atoms with E-state index in [9.17, 15) is 8.42 Å². The number of hydrogen-bond donors (Lipinski definition) is 0. The van der Waals surface area contributed by atoms with Crippen LogP contribution in [0.1, 0.15) is 17.8 Å². The third-order valence-corrected chi connectivity index (χ3v) is 6.72. The van der Waals surface area contributed by atoms with Gasteiger partial charge in [-0.1, -0.05) is 0 Å². The summed E-state index contributed by atoms with van der Waals surface area (Å²) in [6.07, 6.45) is 2.09. The van der Waals surface area contributed by atoms with Crippen LogP contribution in [0.25, 0.3) is 0 Å². The average molecular weight is 415 g/mol. The summed E-state index contributed by atoms with van der Waals surface area (Å²) in [6.45, 7) is 4.23. The first-order chi connectivity index (χ1) is 11.3. The first-order valence-electron chi connectivity index (χ1n) is 7.57. The van der Waals surface area contributed by atoms with Gasteiger partial charge in [-0.2, -0.15) is 9.40 Å². The quantitative estimate of drug-likeness (QED) is 0.764. The number of sulfonamides is 1. The van der Waals surface area contributed by atoms with E-state index < -0.39 is 10.0 Å². The molecule has 1 atom stereocenters. The molecule has 1 saturated heterocycles. The number of pyridine rings is 1. The molecule has 2 aromatic rings. The van der Waals surface area contributed by atoms with Crippen LogP contribution in [0.3, 0.4) is 0 Å². The standard InChI is InChI=1S/C15H19BrN4O3S/c1-10-15(11(2)19(3)18-10)24(21,22)20-7-6-13(9-20)23-14-5-4-12(16)8-17-14/h4-5,8,13H,6-7,9H2,1-3H3. The molecular formula is C15H19BrN4O3S. The molecule has 0 N–H and O–H groups in total. The highest BCUT2D eigenvalue weighted by molar-refractivity contribution is 9.10. The van der Waals surface area contributed by atoms with Gasteiger partial charge in [0, 0.05) is 30.3 Å². The lowest BCUT2D eigenvalue weighted by Crippen LogP contribution is -2.31. The van der Waals surface area contributed by atoms with Gasteiger partial charge in [0.1, 0.15) is 11.0 Å². The summed E-state index contributed by atoms with van der Waals surface area (Å²) in [4.78, 5) is 4.47. The molecule has 0 saturated carbocycles. The van der Waals surface area contributed by atoms with E-state index >= 15 is 0 Å². The van der Waals surface area contributed by atoms with Crippen molar-refractivity contribution >= 4 is 26.0 Å². The summed E-state index contributed by atoms with van der Waals surface area (Å²) >= 11 is 3.32. The molecule has 0 bridgehead atoms. The predicted molar refractivity (Wildman–Crippen MR) is 92.4 cm³/mol. The van der Waals surface area contributed by atoms with Gasteiger partial charge in [0.25, 0.3) is 0 Å². The molecule has 0 radical (unpaired) electrons. The lowest BCUT2D eigenvalue weighted by Gasteiger charge is -2.17. The Labute approximate surface area is 149 Å². The van der Waals surface area contributed by atoms with Crippen molar-refractivity contribution in [3.8, 4) is 5.88 Å². The normalized spacial score (nSPS) is 18.9. The minimum Gasteiger partial charge on any atom is -0.473 e. The molecule has 0 amide bonds. The van der Waals surface area contributed by atoms with Crippen LogP contribution in [0.2, 0.25) is 0 Å². The van der Waals surface area contributed by atoms with E-state index in [2.05, 4.69) is 26.0 Å².